The predicted molar refractivity (Wildman–Crippen MR) is 71.8 cm³/mol. The first-order valence-electron chi connectivity index (χ1n) is 5.81. The minimum absolute atomic E-state index is 0.581. The Morgan fingerprint density at radius 1 is 1.38 bits per heavy atom. The van der Waals surface area contributed by atoms with Crippen LogP contribution in [0, 0.1) is 6.92 Å². The van der Waals surface area contributed by atoms with E-state index in [4.69, 9.17) is 5.73 Å². The Labute approximate surface area is 98.6 Å². The molecule has 1 aromatic rings. The molecule has 0 aromatic heterocycles. The lowest BCUT2D eigenvalue weighted by Gasteiger charge is -2.21. The average molecular weight is 221 g/mol. The van der Waals surface area contributed by atoms with Gasteiger partial charge in [-0.15, -0.1) is 0 Å². The fourth-order valence-electron chi connectivity index (χ4n) is 1.47. The highest BCUT2D eigenvalue weighted by molar-refractivity contribution is 5.66. The number of likely N-dealkylation sites (N-methyl/N-ethyl adjacent to an activating group) is 1. The zero-order chi connectivity index (χ0) is 12.1. The van der Waals surface area contributed by atoms with Gasteiger partial charge in [-0.05, 0) is 45.5 Å². The average Bonchev–Trinajstić information content (AvgIpc) is 2.20. The van der Waals surface area contributed by atoms with E-state index in [2.05, 4.69) is 37.2 Å². The van der Waals surface area contributed by atoms with Gasteiger partial charge in [0.25, 0.3) is 0 Å². The summed E-state index contributed by atoms with van der Waals surface area (Å²) in [4.78, 5) is 2.30. The first kappa shape index (κ1) is 12.8. The fourth-order valence-corrected chi connectivity index (χ4v) is 1.47. The first-order chi connectivity index (χ1) is 7.50. The number of nitrogen functional groups attached to an aromatic ring is 1. The Bertz CT molecular complexity index is 334. The Kier molecular flexibility index (Phi) is 4.62. The molecule has 0 bridgehead atoms. The monoisotopic (exact) mass is 221 g/mol. The maximum atomic E-state index is 5.92. The molecule has 0 saturated heterocycles. The van der Waals surface area contributed by atoms with Gasteiger partial charge in [-0.25, -0.2) is 0 Å². The van der Waals surface area contributed by atoms with E-state index < -0.39 is 0 Å². The molecule has 16 heavy (non-hydrogen) atoms. The van der Waals surface area contributed by atoms with E-state index in [9.17, 15) is 0 Å². The third-order valence-corrected chi connectivity index (χ3v) is 2.87. The Morgan fingerprint density at radius 2 is 2.06 bits per heavy atom. The molecule has 0 amide bonds. The lowest BCUT2D eigenvalue weighted by molar-refractivity contribution is 0.284. The summed E-state index contributed by atoms with van der Waals surface area (Å²) in [6.07, 6.45) is 0. The van der Waals surface area contributed by atoms with Crippen LogP contribution in [-0.4, -0.2) is 31.1 Å². The molecule has 0 saturated carbocycles. The van der Waals surface area contributed by atoms with Gasteiger partial charge in [0.1, 0.15) is 0 Å². The maximum Gasteiger partial charge on any atom is 0.0574 e. The Morgan fingerprint density at radius 3 is 2.62 bits per heavy atom. The number of nitrogens with one attached hydrogen (secondary N) is 1. The van der Waals surface area contributed by atoms with Crippen molar-refractivity contribution in [2.24, 2.45) is 0 Å². The molecule has 0 heterocycles. The molecule has 0 aliphatic carbocycles. The molecular formula is C13H23N3. The van der Waals surface area contributed by atoms with Crippen LogP contribution in [0.4, 0.5) is 11.4 Å². The predicted octanol–water partition coefficient (Wildman–Crippen LogP) is 2.33. The van der Waals surface area contributed by atoms with Crippen molar-refractivity contribution in [3.63, 3.8) is 0 Å². The smallest absolute Gasteiger partial charge is 0.0574 e. The Hall–Kier alpha value is -1.22. The number of hydrogen-bond donors (Lipinski definition) is 2. The molecule has 1 aromatic carbocycles. The van der Waals surface area contributed by atoms with E-state index in [0.29, 0.717) is 6.04 Å². The summed E-state index contributed by atoms with van der Waals surface area (Å²) in [5.74, 6) is 0. The van der Waals surface area contributed by atoms with Crippen molar-refractivity contribution in [2.75, 3.05) is 31.2 Å². The molecule has 0 aliphatic heterocycles. The summed E-state index contributed by atoms with van der Waals surface area (Å²) in [6, 6.07) is 6.69. The lowest BCUT2D eigenvalue weighted by Crippen LogP contribution is -2.31. The maximum absolute atomic E-state index is 5.92. The van der Waals surface area contributed by atoms with Crippen LogP contribution in [0.15, 0.2) is 18.2 Å². The highest BCUT2D eigenvalue weighted by Crippen LogP contribution is 2.18. The van der Waals surface area contributed by atoms with E-state index in [-0.39, 0.29) is 0 Å². The molecule has 0 fully saturated rings. The van der Waals surface area contributed by atoms with Gasteiger partial charge in [-0.3, -0.25) is 0 Å². The minimum atomic E-state index is 0.581. The van der Waals surface area contributed by atoms with Gasteiger partial charge >= 0.3 is 0 Å². The summed E-state index contributed by atoms with van der Waals surface area (Å²) in [5, 5.41) is 3.36. The lowest BCUT2D eigenvalue weighted by atomic mass is 10.2. The molecule has 1 rings (SSSR count). The third kappa shape index (κ3) is 3.74. The summed E-state index contributed by atoms with van der Waals surface area (Å²) in [5.41, 5.74) is 8.98. The Balaban J connectivity index is 2.43. The highest BCUT2D eigenvalue weighted by atomic mass is 15.1. The second kappa shape index (κ2) is 5.75. The van der Waals surface area contributed by atoms with Gasteiger partial charge in [-0.1, -0.05) is 6.07 Å². The summed E-state index contributed by atoms with van der Waals surface area (Å²) in [7, 11) is 2.13. The van der Waals surface area contributed by atoms with Crippen molar-refractivity contribution in [1.82, 2.24) is 4.90 Å². The quantitative estimate of drug-likeness (QED) is 0.750. The number of aryl methyl sites for hydroxylation is 1. The normalized spacial score (nSPS) is 11.1. The highest BCUT2D eigenvalue weighted by Gasteiger charge is 2.03. The number of benzene rings is 1. The minimum Gasteiger partial charge on any atom is -0.397 e. The van der Waals surface area contributed by atoms with Crippen LogP contribution in [0.2, 0.25) is 0 Å². The van der Waals surface area contributed by atoms with E-state index in [1.165, 1.54) is 5.56 Å². The summed E-state index contributed by atoms with van der Waals surface area (Å²) < 4.78 is 0. The second-order valence-electron chi connectivity index (χ2n) is 4.59. The van der Waals surface area contributed by atoms with Crippen molar-refractivity contribution < 1.29 is 0 Å². The number of rotatable bonds is 5. The van der Waals surface area contributed by atoms with E-state index >= 15 is 0 Å². The molecule has 0 radical (unpaired) electrons. The fraction of sp³-hybridized carbons (Fsp3) is 0.538. The topological polar surface area (TPSA) is 41.3 Å². The molecule has 0 unspecified atom stereocenters. The van der Waals surface area contributed by atoms with Crippen LogP contribution in [0.3, 0.4) is 0 Å². The SMILES string of the molecule is Cc1ccc(NCCN(C)C(C)C)c(N)c1. The van der Waals surface area contributed by atoms with Crippen molar-refractivity contribution in [3.8, 4) is 0 Å². The second-order valence-corrected chi connectivity index (χ2v) is 4.59. The van der Waals surface area contributed by atoms with Crippen LogP contribution in [0.5, 0.6) is 0 Å². The van der Waals surface area contributed by atoms with Gasteiger partial charge in [-0.2, -0.15) is 0 Å². The van der Waals surface area contributed by atoms with Gasteiger partial charge in [0.15, 0.2) is 0 Å². The molecule has 3 heteroatoms. The molecule has 3 N–H and O–H groups in total. The van der Waals surface area contributed by atoms with Gasteiger partial charge in [0.2, 0.25) is 0 Å². The van der Waals surface area contributed by atoms with Crippen LogP contribution in [-0.2, 0) is 0 Å². The van der Waals surface area contributed by atoms with Crippen LogP contribution in [0.25, 0.3) is 0 Å². The molecule has 3 nitrogen and oxygen atoms in total. The number of hydrogen-bond acceptors (Lipinski definition) is 3. The molecule has 0 atom stereocenters. The zero-order valence-corrected chi connectivity index (χ0v) is 10.7. The van der Waals surface area contributed by atoms with E-state index in [1.807, 2.05) is 19.1 Å². The van der Waals surface area contributed by atoms with Gasteiger partial charge in [0.05, 0.1) is 11.4 Å². The first-order valence-corrected chi connectivity index (χ1v) is 5.81. The van der Waals surface area contributed by atoms with Crippen molar-refractivity contribution in [2.45, 2.75) is 26.8 Å². The summed E-state index contributed by atoms with van der Waals surface area (Å²) in [6.45, 7) is 8.38. The zero-order valence-electron chi connectivity index (χ0n) is 10.7. The molecule has 0 spiro atoms. The van der Waals surface area contributed by atoms with Crippen molar-refractivity contribution in [3.05, 3.63) is 23.8 Å². The molecular weight excluding hydrogens is 198 g/mol. The van der Waals surface area contributed by atoms with Crippen LogP contribution < -0.4 is 11.1 Å². The molecule has 90 valence electrons. The number of anilines is 2. The number of nitrogens with two attached hydrogens (primary N) is 1. The van der Waals surface area contributed by atoms with E-state index in [1.54, 1.807) is 0 Å². The summed E-state index contributed by atoms with van der Waals surface area (Å²) >= 11 is 0. The van der Waals surface area contributed by atoms with Crippen molar-refractivity contribution in [1.29, 1.82) is 0 Å². The van der Waals surface area contributed by atoms with Crippen molar-refractivity contribution >= 4 is 11.4 Å². The molecule has 0 aliphatic rings. The number of nitrogens with zero attached hydrogens (tertiary/aromatic N) is 1. The van der Waals surface area contributed by atoms with Crippen LogP contribution in [0.1, 0.15) is 19.4 Å². The van der Waals surface area contributed by atoms with Gasteiger partial charge < -0.3 is 16.0 Å². The van der Waals surface area contributed by atoms with Crippen LogP contribution >= 0.6 is 0 Å². The largest absolute Gasteiger partial charge is 0.397 e. The third-order valence-electron chi connectivity index (χ3n) is 2.87. The standard InChI is InChI=1S/C13H23N3/c1-10(2)16(4)8-7-15-13-6-5-11(3)9-12(13)14/h5-6,9-10,15H,7-8,14H2,1-4H3. The van der Waals surface area contributed by atoms with E-state index in [0.717, 1.165) is 24.5 Å². The van der Waals surface area contributed by atoms with Gasteiger partial charge in [0, 0.05) is 19.1 Å².